The van der Waals surface area contributed by atoms with Gasteiger partial charge in [-0.2, -0.15) is 0 Å². The molecule has 0 radical (unpaired) electrons. The largest absolute Gasteiger partial charge is 0.326 e. The van der Waals surface area contributed by atoms with Gasteiger partial charge in [-0.3, -0.25) is 9.59 Å². The van der Waals surface area contributed by atoms with E-state index in [4.69, 9.17) is 0 Å². The predicted molar refractivity (Wildman–Crippen MR) is 71.6 cm³/mol. The molecule has 0 fully saturated rings. The summed E-state index contributed by atoms with van der Waals surface area (Å²) >= 11 is 0. The van der Waals surface area contributed by atoms with Crippen LogP contribution < -0.4 is 5.32 Å². The fourth-order valence-electron chi connectivity index (χ4n) is 2.10. The minimum atomic E-state index is 0.0297. The molecule has 0 saturated carbocycles. The third-order valence-corrected chi connectivity index (χ3v) is 3.14. The third-order valence-electron chi connectivity index (χ3n) is 3.14. The fourth-order valence-corrected chi connectivity index (χ4v) is 2.10. The number of amides is 1. The van der Waals surface area contributed by atoms with Crippen LogP contribution in [-0.4, -0.2) is 11.7 Å². The molecule has 1 aliphatic carbocycles. The van der Waals surface area contributed by atoms with E-state index in [1.54, 1.807) is 24.3 Å². The van der Waals surface area contributed by atoms with Gasteiger partial charge in [0.2, 0.25) is 5.91 Å². The van der Waals surface area contributed by atoms with Crippen molar-refractivity contribution in [1.82, 2.24) is 0 Å². The van der Waals surface area contributed by atoms with Gasteiger partial charge < -0.3 is 5.32 Å². The molecule has 3 heteroatoms. The van der Waals surface area contributed by atoms with Crippen molar-refractivity contribution in [3.63, 3.8) is 0 Å². The molecule has 94 valence electrons. The van der Waals surface area contributed by atoms with E-state index in [-0.39, 0.29) is 11.7 Å². The molecule has 0 unspecified atom stereocenters. The molecule has 1 aromatic carbocycles. The maximum Gasteiger partial charge on any atom is 0.224 e. The lowest BCUT2D eigenvalue weighted by Gasteiger charge is -2.08. The molecule has 0 spiro atoms. The Bertz CT molecular complexity index is 474. The maximum atomic E-state index is 11.8. The number of ketones is 1. The zero-order valence-electron chi connectivity index (χ0n) is 10.5. The number of hydrogen-bond donors (Lipinski definition) is 1. The molecular formula is C15H17NO2. The highest BCUT2D eigenvalue weighted by Gasteiger charge is 2.13. The topological polar surface area (TPSA) is 46.2 Å². The zero-order valence-corrected chi connectivity index (χ0v) is 10.5. The second-order valence-corrected chi connectivity index (χ2v) is 4.65. The van der Waals surface area contributed by atoms with Crippen molar-refractivity contribution < 1.29 is 9.59 Å². The highest BCUT2D eigenvalue weighted by Crippen LogP contribution is 2.21. The molecule has 1 atom stereocenters. The van der Waals surface area contributed by atoms with E-state index in [1.807, 2.05) is 0 Å². The molecule has 0 heterocycles. The number of benzene rings is 1. The van der Waals surface area contributed by atoms with E-state index < -0.39 is 0 Å². The Morgan fingerprint density at radius 3 is 2.56 bits per heavy atom. The quantitative estimate of drug-likeness (QED) is 0.652. The predicted octanol–water partition coefficient (Wildman–Crippen LogP) is 3.18. The smallest absolute Gasteiger partial charge is 0.224 e. The van der Waals surface area contributed by atoms with Gasteiger partial charge in [0.15, 0.2) is 5.78 Å². The van der Waals surface area contributed by atoms with E-state index >= 15 is 0 Å². The summed E-state index contributed by atoms with van der Waals surface area (Å²) in [7, 11) is 0. The number of allylic oxidation sites excluding steroid dienone is 2. The first-order valence-electron chi connectivity index (χ1n) is 6.22. The fraction of sp³-hybridized carbons (Fsp3) is 0.333. The van der Waals surface area contributed by atoms with Gasteiger partial charge in [-0.15, -0.1) is 0 Å². The van der Waals surface area contributed by atoms with Gasteiger partial charge in [-0.1, -0.05) is 12.2 Å². The van der Waals surface area contributed by atoms with Crippen molar-refractivity contribution in [2.24, 2.45) is 5.92 Å². The van der Waals surface area contributed by atoms with Crippen LogP contribution in [-0.2, 0) is 4.79 Å². The van der Waals surface area contributed by atoms with Crippen LogP contribution in [0.5, 0.6) is 0 Å². The van der Waals surface area contributed by atoms with Crippen LogP contribution in [0.4, 0.5) is 5.69 Å². The number of hydrogen-bond acceptors (Lipinski definition) is 2. The Hall–Kier alpha value is -1.90. The number of carbonyl (C=O) groups excluding carboxylic acids is 2. The van der Waals surface area contributed by atoms with Crippen LogP contribution >= 0.6 is 0 Å². The van der Waals surface area contributed by atoms with E-state index in [0.29, 0.717) is 17.9 Å². The second-order valence-electron chi connectivity index (χ2n) is 4.65. The Morgan fingerprint density at radius 2 is 2.00 bits per heavy atom. The van der Waals surface area contributed by atoms with Gasteiger partial charge in [0.1, 0.15) is 0 Å². The van der Waals surface area contributed by atoms with Gasteiger partial charge in [-0.25, -0.2) is 0 Å². The van der Waals surface area contributed by atoms with Crippen molar-refractivity contribution in [3.8, 4) is 0 Å². The van der Waals surface area contributed by atoms with Crippen molar-refractivity contribution in [1.29, 1.82) is 0 Å². The van der Waals surface area contributed by atoms with Gasteiger partial charge >= 0.3 is 0 Å². The van der Waals surface area contributed by atoms with Crippen molar-refractivity contribution in [2.75, 3.05) is 5.32 Å². The molecule has 1 aromatic rings. The molecule has 1 N–H and O–H groups in total. The van der Waals surface area contributed by atoms with E-state index in [1.165, 1.54) is 6.92 Å². The minimum absolute atomic E-state index is 0.0297. The van der Waals surface area contributed by atoms with Crippen molar-refractivity contribution in [2.45, 2.75) is 26.2 Å². The van der Waals surface area contributed by atoms with E-state index in [2.05, 4.69) is 17.5 Å². The Labute approximate surface area is 107 Å². The normalized spacial score (nSPS) is 17.7. The first kappa shape index (κ1) is 12.6. The number of rotatable bonds is 4. The molecule has 2 rings (SSSR count). The lowest BCUT2D eigenvalue weighted by Crippen LogP contribution is -2.14. The van der Waals surface area contributed by atoms with Crippen LogP contribution in [0.2, 0.25) is 0 Å². The van der Waals surface area contributed by atoms with Gasteiger partial charge in [0.05, 0.1) is 0 Å². The van der Waals surface area contributed by atoms with Gasteiger partial charge in [0, 0.05) is 17.7 Å². The first-order valence-corrected chi connectivity index (χ1v) is 6.22. The SMILES string of the molecule is CC(=O)c1ccc(NC(=O)C[C@H]2C=CCC2)cc1. The molecule has 1 aliphatic rings. The maximum absolute atomic E-state index is 11.8. The molecule has 0 bridgehead atoms. The lowest BCUT2D eigenvalue weighted by molar-refractivity contribution is -0.116. The van der Waals surface area contributed by atoms with E-state index in [0.717, 1.165) is 18.5 Å². The highest BCUT2D eigenvalue weighted by atomic mass is 16.1. The first-order chi connectivity index (χ1) is 8.65. The number of Topliss-reactive ketones (excluding diaryl/α,β-unsaturated/α-hetero) is 1. The monoisotopic (exact) mass is 243 g/mol. The average molecular weight is 243 g/mol. The zero-order chi connectivity index (χ0) is 13.0. The highest BCUT2D eigenvalue weighted by molar-refractivity contribution is 5.95. The number of anilines is 1. The summed E-state index contributed by atoms with van der Waals surface area (Å²) in [5, 5.41) is 2.85. The molecular weight excluding hydrogens is 226 g/mol. The molecule has 1 amide bonds. The molecule has 0 aliphatic heterocycles. The summed E-state index contributed by atoms with van der Waals surface area (Å²) in [6, 6.07) is 6.99. The summed E-state index contributed by atoms with van der Waals surface area (Å²) in [6.45, 7) is 1.53. The van der Waals surface area contributed by atoms with Gasteiger partial charge in [-0.05, 0) is 49.9 Å². The Kier molecular flexibility index (Phi) is 3.92. The lowest BCUT2D eigenvalue weighted by atomic mass is 10.0. The summed E-state index contributed by atoms with van der Waals surface area (Å²) in [4.78, 5) is 22.9. The minimum Gasteiger partial charge on any atom is -0.326 e. The standard InChI is InChI=1S/C15H17NO2/c1-11(17)13-6-8-14(9-7-13)16-15(18)10-12-4-2-3-5-12/h2,4,6-9,12H,3,5,10H2,1H3,(H,16,18)/t12-/m0/s1. The average Bonchev–Trinajstić information content (AvgIpc) is 2.82. The number of nitrogens with one attached hydrogen (secondary N) is 1. The summed E-state index contributed by atoms with van der Waals surface area (Å²) < 4.78 is 0. The Morgan fingerprint density at radius 1 is 1.28 bits per heavy atom. The van der Waals surface area contributed by atoms with Crippen LogP contribution in [0.15, 0.2) is 36.4 Å². The second kappa shape index (κ2) is 5.63. The summed E-state index contributed by atoms with van der Waals surface area (Å²) in [5.41, 5.74) is 1.40. The van der Waals surface area contributed by atoms with E-state index in [9.17, 15) is 9.59 Å². The molecule has 18 heavy (non-hydrogen) atoms. The van der Waals surface area contributed by atoms with Crippen LogP contribution in [0.25, 0.3) is 0 Å². The third kappa shape index (κ3) is 3.29. The van der Waals surface area contributed by atoms with Gasteiger partial charge in [0.25, 0.3) is 0 Å². The molecule has 0 saturated heterocycles. The van der Waals surface area contributed by atoms with Crippen molar-refractivity contribution in [3.05, 3.63) is 42.0 Å². The molecule has 3 nitrogen and oxygen atoms in total. The van der Waals surface area contributed by atoms with Crippen LogP contribution in [0.1, 0.15) is 36.5 Å². The Balaban J connectivity index is 1.90. The summed E-state index contributed by atoms with van der Waals surface area (Å²) in [5.74, 6) is 0.438. The van der Waals surface area contributed by atoms with Crippen molar-refractivity contribution >= 4 is 17.4 Å². The van der Waals surface area contributed by atoms with Crippen LogP contribution in [0, 0.1) is 5.92 Å². The molecule has 0 aromatic heterocycles. The van der Waals surface area contributed by atoms with Crippen LogP contribution in [0.3, 0.4) is 0 Å². The summed E-state index contributed by atoms with van der Waals surface area (Å²) in [6.07, 6.45) is 6.91. The number of carbonyl (C=O) groups is 2.